The van der Waals surface area contributed by atoms with E-state index >= 15 is 0 Å². The van der Waals surface area contributed by atoms with Gasteiger partial charge in [0.05, 0.1) is 0 Å². The molecule has 24 heavy (non-hydrogen) atoms. The number of hydrogen-bond acceptors (Lipinski definition) is 3. The fourth-order valence-corrected chi connectivity index (χ4v) is 2.76. The summed E-state index contributed by atoms with van der Waals surface area (Å²) in [5, 5.41) is 0. The lowest BCUT2D eigenvalue weighted by molar-refractivity contribution is -0.149. The third-order valence-corrected chi connectivity index (χ3v) is 3.79. The number of allylic oxidation sites excluding steroid dienone is 3. The van der Waals surface area contributed by atoms with Crippen molar-refractivity contribution in [1.29, 1.82) is 0 Å². The first-order valence-electron chi connectivity index (χ1n) is 8.07. The van der Waals surface area contributed by atoms with Gasteiger partial charge < -0.3 is 4.74 Å². The molecule has 0 saturated heterocycles. The lowest BCUT2D eigenvalue weighted by Gasteiger charge is -2.20. The zero-order valence-corrected chi connectivity index (χ0v) is 14.2. The summed E-state index contributed by atoms with van der Waals surface area (Å²) in [4.78, 5) is 16.6. The number of carbonyl (C=O) groups is 1. The Bertz CT molecular complexity index is 797. The Morgan fingerprint density at radius 3 is 2.29 bits per heavy atom. The first kappa shape index (κ1) is 16.2. The van der Waals surface area contributed by atoms with Gasteiger partial charge in [-0.3, -0.25) is 4.98 Å². The largest absolute Gasteiger partial charge is 0.457 e. The molecule has 3 nitrogen and oxygen atoms in total. The van der Waals surface area contributed by atoms with E-state index in [2.05, 4.69) is 17.1 Å². The van der Waals surface area contributed by atoms with E-state index < -0.39 is 5.60 Å². The van der Waals surface area contributed by atoms with Crippen molar-refractivity contribution >= 4 is 17.1 Å². The fraction of sp³-hybridized carbons (Fsp3) is 0.238. The average Bonchev–Trinajstić information content (AvgIpc) is 3.00. The van der Waals surface area contributed by atoms with Crippen LogP contribution in [-0.2, 0) is 9.53 Å². The van der Waals surface area contributed by atoms with Gasteiger partial charge in [-0.1, -0.05) is 30.3 Å². The molecule has 0 radical (unpaired) electrons. The van der Waals surface area contributed by atoms with E-state index in [9.17, 15) is 4.79 Å². The summed E-state index contributed by atoms with van der Waals surface area (Å²) < 4.78 is 5.54. The van der Waals surface area contributed by atoms with Crippen molar-refractivity contribution < 1.29 is 9.53 Å². The zero-order chi connectivity index (χ0) is 17.2. The second-order valence-corrected chi connectivity index (χ2v) is 6.84. The average molecular weight is 319 g/mol. The highest BCUT2D eigenvalue weighted by Crippen LogP contribution is 2.39. The van der Waals surface area contributed by atoms with Gasteiger partial charge in [0, 0.05) is 24.4 Å². The van der Waals surface area contributed by atoms with Gasteiger partial charge in [0.15, 0.2) is 0 Å². The molecule has 0 spiro atoms. The molecular formula is C21H21NO2. The molecule has 1 aromatic heterocycles. The van der Waals surface area contributed by atoms with Crippen LogP contribution in [0.2, 0.25) is 0 Å². The molecule has 0 atom stereocenters. The lowest BCUT2D eigenvalue weighted by atomic mass is 9.97. The minimum atomic E-state index is -0.496. The Morgan fingerprint density at radius 1 is 1.00 bits per heavy atom. The quantitative estimate of drug-likeness (QED) is 0.772. The molecule has 1 aliphatic carbocycles. The van der Waals surface area contributed by atoms with Crippen molar-refractivity contribution in [3.05, 3.63) is 77.6 Å². The predicted molar refractivity (Wildman–Crippen MR) is 96.0 cm³/mol. The highest BCUT2D eigenvalue weighted by Gasteiger charge is 2.26. The van der Waals surface area contributed by atoms with Crippen LogP contribution in [0.5, 0.6) is 0 Å². The van der Waals surface area contributed by atoms with Crippen LogP contribution in [0.3, 0.4) is 0 Å². The number of aromatic nitrogens is 1. The molecule has 1 aromatic carbocycles. The van der Waals surface area contributed by atoms with Crippen LogP contribution in [-0.4, -0.2) is 16.6 Å². The third-order valence-electron chi connectivity index (χ3n) is 3.79. The molecule has 0 bridgehead atoms. The summed E-state index contributed by atoms with van der Waals surface area (Å²) in [5.74, 6) is -0.250. The first-order chi connectivity index (χ1) is 11.4. The van der Waals surface area contributed by atoms with Gasteiger partial charge in [0.2, 0.25) is 0 Å². The van der Waals surface area contributed by atoms with Crippen LogP contribution >= 0.6 is 0 Å². The highest BCUT2D eigenvalue weighted by molar-refractivity contribution is 6.07. The molecule has 0 fully saturated rings. The van der Waals surface area contributed by atoms with E-state index in [1.54, 1.807) is 12.4 Å². The maximum absolute atomic E-state index is 12.5. The molecule has 1 heterocycles. The Morgan fingerprint density at radius 2 is 1.67 bits per heavy atom. The van der Waals surface area contributed by atoms with Crippen LogP contribution in [0.15, 0.2) is 66.5 Å². The lowest BCUT2D eigenvalue weighted by Crippen LogP contribution is -2.24. The number of ether oxygens (including phenoxy) is 1. The molecule has 3 rings (SSSR count). The summed E-state index contributed by atoms with van der Waals surface area (Å²) in [6, 6.07) is 14.1. The van der Waals surface area contributed by atoms with Crippen LogP contribution in [0.4, 0.5) is 0 Å². The molecular weight excluding hydrogens is 298 g/mol. The highest BCUT2D eigenvalue weighted by atomic mass is 16.6. The number of esters is 1. The molecule has 0 aliphatic heterocycles. The summed E-state index contributed by atoms with van der Waals surface area (Å²) in [7, 11) is 0. The standard InChI is InChI=1S/C21H21NO2/c1-21(2,3)24-20(23)17-13-18(15-7-5-4-6-8-15)19(14-17)16-9-11-22-12-10-16/h4-13H,14H2,1-3H3. The zero-order valence-electron chi connectivity index (χ0n) is 14.2. The Kier molecular flexibility index (Phi) is 4.34. The van der Waals surface area contributed by atoms with Gasteiger partial charge in [-0.2, -0.15) is 0 Å². The summed E-state index contributed by atoms with van der Waals surface area (Å²) in [5.41, 5.74) is 4.58. The molecule has 0 N–H and O–H groups in total. The van der Waals surface area contributed by atoms with Crippen LogP contribution in [0.1, 0.15) is 38.3 Å². The van der Waals surface area contributed by atoms with E-state index in [0.717, 1.165) is 22.3 Å². The van der Waals surface area contributed by atoms with Gasteiger partial charge in [-0.05, 0) is 61.3 Å². The normalized spacial score (nSPS) is 14.5. The maximum atomic E-state index is 12.5. The van der Waals surface area contributed by atoms with Crippen LogP contribution < -0.4 is 0 Å². The van der Waals surface area contributed by atoms with Crippen molar-refractivity contribution in [2.75, 3.05) is 0 Å². The van der Waals surface area contributed by atoms with Crippen LogP contribution in [0, 0.1) is 0 Å². The molecule has 1 aliphatic rings. The number of rotatable bonds is 3. The topological polar surface area (TPSA) is 39.2 Å². The summed E-state index contributed by atoms with van der Waals surface area (Å²) in [6.45, 7) is 5.65. The Labute approximate surface area is 142 Å². The molecule has 3 heteroatoms. The van der Waals surface area contributed by atoms with Crippen molar-refractivity contribution in [2.45, 2.75) is 32.8 Å². The fourth-order valence-electron chi connectivity index (χ4n) is 2.76. The third kappa shape index (κ3) is 3.62. The van der Waals surface area contributed by atoms with Crippen molar-refractivity contribution in [2.24, 2.45) is 0 Å². The van der Waals surface area contributed by atoms with E-state index in [-0.39, 0.29) is 5.97 Å². The molecule has 0 saturated carbocycles. The van der Waals surface area contributed by atoms with Crippen molar-refractivity contribution in [3.8, 4) is 0 Å². The smallest absolute Gasteiger partial charge is 0.334 e. The summed E-state index contributed by atoms with van der Waals surface area (Å²) >= 11 is 0. The van der Waals surface area contributed by atoms with Gasteiger partial charge in [0.25, 0.3) is 0 Å². The predicted octanol–water partition coefficient (Wildman–Crippen LogP) is 4.66. The molecule has 2 aromatic rings. The SMILES string of the molecule is CC(C)(C)OC(=O)C1=CC(c2ccccc2)=C(c2ccncc2)C1. The minimum absolute atomic E-state index is 0.250. The number of hydrogen-bond donors (Lipinski definition) is 0. The van der Waals surface area contributed by atoms with Crippen molar-refractivity contribution in [3.63, 3.8) is 0 Å². The monoisotopic (exact) mass is 319 g/mol. The second-order valence-electron chi connectivity index (χ2n) is 6.84. The molecule has 0 unspecified atom stereocenters. The van der Waals surface area contributed by atoms with E-state index in [1.807, 2.05) is 57.2 Å². The van der Waals surface area contributed by atoms with Gasteiger partial charge in [-0.25, -0.2) is 4.79 Å². The second kappa shape index (κ2) is 6.44. The number of nitrogens with zero attached hydrogens (tertiary/aromatic N) is 1. The number of carbonyl (C=O) groups excluding carboxylic acids is 1. The maximum Gasteiger partial charge on any atom is 0.334 e. The minimum Gasteiger partial charge on any atom is -0.457 e. The first-order valence-corrected chi connectivity index (χ1v) is 8.07. The van der Waals surface area contributed by atoms with E-state index in [1.165, 1.54) is 0 Å². The van der Waals surface area contributed by atoms with Gasteiger partial charge in [0.1, 0.15) is 5.60 Å². The van der Waals surface area contributed by atoms with Gasteiger partial charge in [-0.15, -0.1) is 0 Å². The van der Waals surface area contributed by atoms with Crippen molar-refractivity contribution in [1.82, 2.24) is 4.98 Å². The molecule has 122 valence electrons. The Balaban J connectivity index is 1.99. The number of pyridine rings is 1. The number of benzene rings is 1. The summed E-state index contributed by atoms with van der Waals surface area (Å²) in [6.07, 6.45) is 6.08. The molecule has 0 amide bonds. The van der Waals surface area contributed by atoms with Gasteiger partial charge >= 0.3 is 5.97 Å². The van der Waals surface area contributed by atoms with E-state index in [4.69, 9.17) is 4.74 Å². The van der Waals surface area contributed by atoms with E-state index in [0.29, 0.717) is 12.0 Å². The van der Waals surface area contributed by atoms with Crippen LogP contribution in [0.25, 0.3) is 11.1 Å². The Hall–Kier alpha value is -2.68.